The summed E-state index contributed by atoms with van der Waals surface area (Å²) in [5, 5.41) is 11.7. The third-order valence-electron chi connectivity index (χ3n) is 1.84. The Morgan fingerprint density at radius 1 is 1.62 bits per heavy atom. The summed E-state index contributed by atoms with van der Waals surface area (Å²) in [6, 6.07) is 3.80. The maximum absolute atomic E-state index is 8.63. The normalized spacial score (nSPS) is 13.2. The molecule has 1 aromatic rings. The van der Waals surface area contributed by atoms with E-state index in [0.29, 0.717) is 13.1 Å². The van der Waals surface area contributed by atoms with Crippen molar-refractivity contribution >= 4 is 0 Å². The van der Waals surface area contributed by atoms with Gasteiger partial charge in [0.2, 0.25) is 0 Å². The summed E-state index contributed by atoms with van der Waals surface area (Å²) in [6.45, 7) is 2.99. The fourth-order valence-corrected chi connectivity index (χ4v) is 1.18. The fourth-order valence-electron chi connectivity index (χ4n) is 1.18. The van der Waals surface area contributed by atoms with Gasteiger partial charge >= 0.3 is 0 Å². The molecule has 4 nitrogen and oxygen atoms in total. The van der Waals surface area contributed by atoms with Crippen molar-refractivity contribution in [1.82, 2.24) is 5.32 Å². The number of nitrogens with two attached hydrogens (primary N) is 1. The lowest BCUT2D eigenvalue weighted by molar-refractivity contribution is 0.279. The molecule has 1 aromatic heterocycles. The van der Waals surface area contributed by atoms with Crippen LogP contribution in [0.2, 0.25) is 0 Å². The average molecular weight is 184 g/mol. The van der Waals surface area contributed by atoms with Gasteiger partial charge in [0.15, 0.2) is 0 Å². The van der Waals surface area contributed by atoms with Crippen LogP contribution in [0.5, 0.6) is 0 Å². The molecular formula is C9H16N2O2. The van der Waals surface area contributed by atoms with E-state index in [2.05, 4.69) is 5.32 Å². The van der Waals surface area contributed by atoms with Crippen LogP contribution in [0.3, 0.4) is 0 Å². The van der Waals surface area contributed by atoms with Crippen molar-refractivity contribution in [2.75, 3.05) is 19.7 Å². The Labute approximate surface area is 77.7 Å². The predicted molar refractivity (Wildman–Crippen MR) is 50.3 cm³/mol. The van der Waals surface area contributed by atoms with E-state index in [1.807, 2.05) is 19.1 Å². The number of aliphatic hydroxyl groups is 1. The van der Waals surface area contributed by atoms with Crippen molar-refractivity contribution < 1.29 is 9.52 Å². The van der Waals surface area contributed by atoms with E-state index in [9.17, 15) is 0 Å². The van der Waals surface area contributed by atoms with Crippen LogP contribution in [0.1, 0.15) is 17.6 Å². The summed E-state index contributed by atoms with van der Waals surface area (Å²) in [6.07, 6.45) is 0. The molecule has 1 unspecified atom stereocenters. The molecule has 0 saturated heterocycles. The highest BCUT2D eigenvalue weighted by Gasteiger charge is 2.11. The minimum absolute atomic E-state index is 0.000787. The van der Waals surface area contributed by atoms with Gasteiger partial charge in [-0.05, 0) is 19.1 Å². The quantitative estimate of drug-likeness (QED) is 0.610. The summed E-state index contributed by atoms with van der Waals surface area (Å²) in [7, 11) is 0. The molecule has 0 aliphatic carbocycles. The molecule has 1 atom stereocenters. The molecule has 1 rings (SSSR count). The third kappa shape index (κ3) is 2.84. The topological polar surface area (TPSA) is 71.4 Å². The zero-order valence-corrected chi connectivity index (χ0v) is 7.79. The maximum Gasteiger partial charge on any atom is 0.122 e. The van der Waals surface area contributed by atoms with Gasteiger partial charge in [-0.3, -0.25) is 0 Å². The number of hydrogen-bond donors (Lipinski definition) is 3. The van der Waals surface area contributed by atoms with Crippen molar-refractivity contribution in [1.29, 1.82) is 0 Å². The SMILES string of the molecule is Cc1ccc(C(CN)NCCO)o1. The van der Waals surface area contributed by atoms with Gasteiger partial charge in [0.25, 0.3) is 0 Å². The molecule has 4 N–H and O–H groups in total. The zero-order chi connectivity index (χ0) is 9.68. The Morgan fingerprint density at radius 2 is 2.38 bits per heavy atom. The van der Waals surface area contributed by atoms with Gasteiger partial charge in [0, 0.05) is 13.1 Å². The Balaban J connectivity index is 2.56. The number of aryl methyl sites for hydroxylation is 1. The number of rotatable bonds is 5. The lowest BCUT2D eigenvalue weighted by Crippen LogP contribution is -2.29. The van der Waals surface area contributed by atoms with Crippen LogP contribution in [0.25, 0.3) is 0 Å². The highest BCUT2D eigenvalue weighted by Crippen LogP contribution is 2.14. The number of hydrogen-bond acceptors (Lipinski definition) is 4. The molecule has 0 aliphatic heterocycles. The van der Waals surface area contributed by atoms with E-state index < -0.39 is 0 Å². The molecule has 0 saturated carbocycles. The van der Waals surface area contributed by atoms with Crippen molar-refractivity contribution in [3.8, 4) is 0 Å². The summed E-state index contributed by atoms with van der Waals surface area (Å²) in [4.78, 5) is 0. The standard InChI is InChI=1S/C9H16N2O2/c1-7-2-3-9(13-7)8(6-10)11-4-5-12/h2-3,8,11-12H,4-6,10H2,1H3. The van der Waals surface area contributed by atoms with Gasteiger partial charge in [-0.1, -0.05) is 0 Å². The predicted octanol–water partition coefficient (Wildman–Crippen LogP) is 0.170. The summed E-state index contributed by atoms with van der Waals surface area (Å²) in [5.41, 5.74) is 5.55. The third-order valence-corrected chi connectivity index (χ3v) is 1.84. The van der Waals surface area contributed by atoms with Gasteiger partial charge in [-0.2, -0.15) is 0 Å². The van der Waals surface area contributed by atoms with Crippen LogP contribution in [-0.2, 0) is 0 Å². The van der Waals surface area contributed by atoms with Crippen LogP contribution in [0.15, 0.2) is 16.5 Å². The Morgan fingerprint density at radius 3 is 2.85 bits per heavy atom. The molecule has 0 aliphatic rings. The Bertz CT molecular complexity index is 248. The Hall–Kier alpha value is -0.840. The monoisotopic (exact) mass is 184 g/mol. The average Bonchev–Trinajstić information content (AvgIpc) is 2.54. The van der Waals surface area contributed by atoms with Crippen molar-refractivity contribution in [2.24, 2.45) is 5.73 Å². The molecular weight excluding hydrogens is 168 g/mol. The van der Waals surface area contributed by atoms with Crippen LogP contribution in [0, 0.1) is 6.92 Å². The van der Waals surface area contributed by atoms with E-state index >= 15 is 0 Å². The second-order valence-corrected chi connectivity index (χ2v) is 2.91. The van der Waals surface area contributed by atoms with E-state index in [0.717, 1.165) is 11.5 Å². The van der Waals surface area contributed by atoms with Crippen LogP contribution >= 0.6 is 0 Å². The van der Waals surface area contributed by atoms with Crippen LogP contribution in [0.4, 0.5) is 0 Å². The first-order chi connectivity index (χ1) is 6.27. The van der Waals surface area contributed by atoms with Gasteiger partial charge in [0.05, 0.1) is 12.6 Å². The number of nitrogens with one attached hydrogen (secondary N) is 1. The summed E-state index contributed by atoms with van der Waals surface area (Å²) >= 11 is 0. The van der Waals surface area contributed by atoms with Crippen molar-refractivity contribution in [2.45, 2.75) is 13.0 Å². The molecule has 0 aromatic carbocycles. The van der Waals surface area contributed by atoms with Crippen molar-refractivity contribution in [3.63, 3.8) is 0 Å². The number of aliphatic hydroxyl groups excluding tert-OH is 1. The van der Waals surface area contributed by atoms with E-state index in [1.54, 1.807) is 0 Å². The van der Waals surface area contributed by atoms with E-state index in [-0.39, 0.29) is 12.6 Å². The molecule has 0 spiro atoms. The van der Waals surface area contributed by atoms with Gasteiger partial charge in [-0.15, -0.1) is 0 Å². The van der Waals surface area contributed by atoms with Crippen LogP contribution in [-0.4, -0.2) is 24.8 Å². The Kier molecular flexibility index (Phi) is 3.95. The zero-order valence-electron chi connectivity index (χ0n) is 7.79. The van der Waals surface area contributed by atoms with E-state index in [1.165, 1.54) is 0 Å². The molecule has 0 amide bonds. The molecule has 74 valence electrons. The van der Waals surface area contributed by atoms with Crippen molar-refractivity contribution in [3.05, 3.63) is 23.7 Å². The largest absolute Gasteiger partial charge is 0.465 e. The smallest absolute Gasteiger partial charge is 0.122 e. The first kappa shape index (κ1) is 10.2. The highest BCUT2D eigenvalue weighted by molar-refractivity contribution is 5.09. The molecule has 1 heterocycles. The van der Waals surface area contributed by atoms with Gasteiger partial charge in [0.1, 0.15) is 11.5 Å². The number of furan rings is 1. The minimum atomic E-state index is 0.000787. The van der Waals surface area contributed by atoms with Gasteiger partial charge in [-0.25, -0.2) is 0 Å². The highest BCUT2D eigenvalue weighted by atomic mass is 16.3. The van der Waals surface area contributed by atoms with Crippen LogP contribution < -0.4 is 11.1 Å². The van der Waals surface area contributed by atoms with E-state index in [4.69, 9.17) is 15.3 Å². The summed E-state index contributed by atoms with van der Waals surface area (Å²) < 4.78 is 5.41. The lowest BCUT2D eigenvalue weighted by atomic mass is 10.2. The maximum atomic E-state index is 8.63. The summed E-state index contributed by atoms with van der Waals surface area (Å²) in [5.74, 6) is 1.70. The fraction of sp³-hybridized carbons (Fsp3) is 0.556. The molecule has 0 radical (unpaired) electrons. The molecule has 13 heavy (non-hydrogen) atoms. The molecule has 0 bridgehead atoms. The molecule has 0 fully saturated rings. The second kappa shape index (κ2) is 5.01. The first-order valence-electron chi connectivity index (χ1n) is 4.38. The second-order valence-electron chi connectivity index (χ2n) is 2.91. The molecule has 4 heteroatoms. The van der Waals surface area contributed by atoms with Gasteiger partial charge < -0.3 is 20.6 Å². The lowest BCUT2D eigenvalue weighted by Gasteiger charge is -2.12. The first-order valence-corrected chi connectivity index (χ1v) is 4.38. The minimum Gasteiger partial charge on any atom is -0.465 e.